The van der Waals surface area contributed by atoms with Gasteiger partial charge in [-0.25, -0.2) is 0 Å². The average Bonchev–Trinajstić information content (AvgIpc) is 2.97. The lowest BCUT2D eigenvalue weighted by Gasteiger charge is -2.21. The molecule has 0 bridgehead atoms. The third-order valence-corrected chi connectivity index (χ3v) is 4.50. The lowest BCUT2D eigenvalue weighted by Crippen LogP contribution is -2.34. The second kappa shape index (κ2) is 7.61. The van der Waals surface area contributed by atoms with Crippen molar-refractivity contribution in [2.75, 3.05) is 6.61 Å². The first-order valence-electron chi connectivity index (χ1n) is 6.77. The van der Waals surface area contributed by atoms with E-state index in [0.717, 1.165) is 4.47 Å². The Morgan fingerprint density at radius 1 is 1.29 bits per heavy atom. The second-order valence-electron chi connectivity index (χ2n) is 5.05. The fourth-order valence-electron chi connectivity index (χ4n) is 1.93. The van der Waals surface area contributed by atoms with Crippen LogP contribution in [0.25, 0.3) is 0 Å². The number of benzene rings is 1. The number of rotatable bonds is 6. The summed E-state index contributed by atoms with van der Waals surface area (Å²) in [6.07, 6.45) is 0. The SMILES string of the molecule is CC(C)[C@H](NC(=O)COc1ccc(Br)cc1)c1cccs1. The summed E-state index contributed by atoms with van der Waals surface area (Å²) in [5.41, 5.74) is 0. The summed E-state index contributed by atoms with van der Waals surface area (Å²) in [5, 5.41) is 5.06. The van der Waals surface area contributed by atoms with Crippen molar-refractivity contribution >= 4 is 33.2 Å². The predicted octanol–water partition coefficient (Wildman–Crippen LogP) is 4.40. The zero-order valence-electron chi connectivity index (χ0n) is 12.0. The van der Waals surface area contributed by atoms with Gasteiger partial charge in [0.1, 0.15) is 5.75 Å². The highest BCUT2D eigenvalue weighted by Gasteiger charge is 2.19. The fourth-order valence-corrected chi connectivity index (χ4v) is 3.14. The molecule has 0 aliphatic rings. The normalized spacial score (nSPS) is 12.2. The molecule has 0 aliphatic heterocycles. The van der Waals surface area contributed by atoms with Gasteiger partial charge in [0.25, 0.3) is 5.91 Å². The molecule has 1 aromatic carbocycles. The van der Waals surface area contributed by atoms with E-state index in [2.05, 4.69) is 35.1 Å². The topological polar surface area (TPSA) is 38.3 Å². The number of ether oxygens (including phenoxy) is 1. The zero-order valence-corrected chi connectivity index (χ0v) is 14.4. The van der Waals surface area contributed by atoms with Crippen molar-refractivity contribution in [1.82, 2.24) is 5.32 Å². The molecular formula is C16H18BrNO2S. The molecule has 0 saturated heterocycles. The summed E-state index contributed by atoms with van der Waals surface area (Å²) in [6, 6.07) is 11.5. The number of nitrogens with one attached hydrogen (secondary N) is 1. The lowest BCUT2D eigenvalue weighted by molar-refractivity contribution is -0.124. The van der Waals surface area contributed by atoms with Crippen LogP contribution < -0.4 is 10.1 Å². The van der Waals surface area contributed by atoms with E-state index >= 15 is 0 Å². The van der Waals surface area contributed by atoms with Crippen molar-refractivity contribution < 1.29 is 9.53 Å². The summed E-state index contributed by atoms with van der Waals surface area (Å²) < 4.78 is 6.47. The van der Waals surface area contributed by atoms with Crippen molar-refractivity contribution in [3.63, 3.8) is 0 Å². The van der Waals surface area contributed by atoms with Gasteiger partial charge in [-0.1, -0.05) is 35.8 Å². The summed E-state index contributed by atoms with van der Waals surface area (Å²) >= 11 is 5.02. The molecule has 1 amide bonds. The van der Waals surface area contributed by atoms with E-state index in [0.29, 0.717) is 11.7 Å². The Balaban J connectivity index is 1.89. The van der Waals surface area contributed by atoms with Crippen LogP contribution in [-0.2, 0) is 4.79 Å². The summed E-state index contributed by atoms with van der Waals surface area (Å²) in [4.78, 5) is 13.2. The average molecular weight is 368 g/mol. The molecule has 2 aromatic rings. The maximum Gasteiger partial charge on any atom is 0.258 e. The van der Waals surface area contributed by atoms with Gasteiger partial charge < -0.3 is 10.1 Å². The fraction of sp³-hybridized carbons (Fsp3) is 0.312. The maximum absolute atomic E-state index is 12.1. The Hall–Kier alpha value is -1.33. The third-order valence-electron chi connectivity index (χ3n) is 3.02. The Kier molecular flexibility index (Phi) is 5.82. The van der Waals surface area contributed by atoms with Gasteiger partial charge in [0.2, 0.25) is 0 Å². The first-order valence-corrected chi connectivity index (χ1v) is 8.44. The van der Waals surface area contributed by atoms with Crippen LogP contribution in [0.2, 0.25) is 0 Å². The second-order valence-corrected chi connectivity index (χ2v) is 6.94. The smallest absolute Gasteiger partial charge is 0.258 e. The van der Waals surface area contributed by atoms with Gasteiger partial charge in [-0.15, -0.1) is 11.3 Å². The van der Waals surface area contributed by atoms with Crippen molar-refractivity contribution in [1.29, 1.82) is 0 Å². The van der Waals surface area contributed by atoms with Crippen molar-refractivity contribution in [3.8, 4) is 5.75 Å². The predicted molar refractivity (Wildman–Crippen MR) is 89.7 cm³/mol. The van der Waals surface area contributed by atoms with Gasteiger partial charge in [0.05, 0.1) is 6.04 Å². The van der Waals surface area contributed by atoms with Gasteiger partial charge in [0, 0.05) is 9.35 Å². The number of hydrogen-bond donors (Lipinski definition) is 1. The van der Waals surface area contributed by atoms with Gasteiger partial charge in [-0.2, -0.15) is 0 Å². The van der Waals surface area contributed by atoms with Crippen molar-refractivity contribution in [3.05, 3.63) is 51.1 Å². The van der Waals surface area contributed by atoms with Crippen LogP contribution in [0, 0.1) is 5.92 Å². The molecule has 0 unspecified atom stereocenters. The molecule has 0 fully saturated rings. The lowest BCUT2D eigenvalue weighted by atomic mass is 10.0. The molecule has 5 heteroatoms. The summed E-state index contributed by atoms with van der Waals surface area (Å²) in [7, 11) is 0. The highest BCUT2D eigenvalue weighted by Crippen LogP contribution is 2.25. The molecule has 0 saturated carbocycles. The number of hydrogen-bond acceptors (Lipinski definition) is 3. The van der Waals surface area contributed by atoms with E-state index in [-0.39, 0.29) is 18.6 Å². The van der Waals surface area contributed by atoms with Crippen LogP contribution in [0.4, 0.5) is 0 Å². The molecule has 0 spiro atoms. The van der Waals surface area contributed by atoms with E-state index < -0.39 is 0 Å². The highest BCUT2D eigenvalue weighted by molar-refractivity contribution is 9.10. The van der Waals surface area contributed by atoms with Gasteiger partial charge in [-0.3, -0.25) is 4.79 Å². The number of carbonyl (C=O) groups excluding carboxylic acids is 1. The molecule has 0 aliphatic carbocycles. The minimum atomic E-state index is -0.106. The van der Waals surface area contributed by atoms with Crippen molar-refractivity contribution in [2.45, 2.75) is 19.9 Å². The number of halogens is 1. The van der Waals surface area contributed by atoms with Crippen LogP contribution in [-0.4, -0.2) is 12.5 Å². The maximum atomic E-state index is 12.1. The third kappa shape index (κ3) is 4.86. The van der Waals surface area contributed by atoms with Crippen LogP contribution in [0.1, 0.15) is 24.8 Å². The number of carbonyl (C=O) groups is 1. The first kappa shape index (κ1) is 16.0. The molecule has 112 valence electrons. The minimum absolute atomic E-state index is 0.0240. The first-order chi connectivity index (χ1) is 10.1. The molecule has 2 rings (SSSR count). The molecule has 1 heterocycles. The molecule has 1 aromatic heterocycles. The van der Waals surface area contributed by atoms with Gasteiger partial charge in [-0.05, 0) is 41.6 Å². The van der Waals surface area contributed by atoms with E-state index in [9.17, 15) is 4.79 Å². The van der Waals surface area contributed by atoms with E-state index in [1.165, 1.54) is 4.88 Å². The number of amides is 1. The Morgan fingerprint density at radius 3 is 2.57 bits per heavy atom. The molecule has 21 heavy (non-hydrogen) atoms. The molecule has 1 atom stereocenters. The van der Waals surface area contributed by atoms with Crippen LogP contribution in [0.15, 0.2) is 46.3 Å². The Bertz CT molecular complexity index is 566. The largest absolute Gasteiger partial charge is 0.484 e. The van der Waals surface area contributed by atoms with Crippen LogP contribution in [0.3, 0.4) is 0 Å². The quantitative estimate of drug-likeness (QED) is 0.821. The van der Waals surface area contributed by atoms with Crippen LogP contribution >= 0.6 is 27.3 Å². The molecular weight excluding hydrogens is 350 g/mol. The highest BCUT2D eigenvalue weighted by atomic mass is 79.9. The molecule has 0 radical (unpaired) electrons. The Morgan fingerprint density at radius 2 is 2.00 bits per heavy atom. The summed E-state index contributed by atoms with van der Waals surface area (Å²) in [6.45, 7) is 4.22. The molecule has 3 nitrogen and oxygen atoms in total. The van der Waals surface area contributed by atoms with Gasteiger partial charge >= 0.3 is 0 Å². The number of thiophene rings is 1. The summed E-state index contributed by atoms with van der Waals surface area (Å²) in [5.74, 6) is 0.913. The van der Waals surface area contributed by atoms with Crippen molar-refractivity contribution in [2.24, 2.45) is 5.92 Å². The van der Waals surface area contributed by atoms with E-state index in [4.69, 9.17) is 4.74 Å². The van der Waals surface area contributed by atoms with E-state index in [1.54, 1.807) is 11.3 Å². The monoisotopic (exact) mass is 367 g/mol. The minimum Gasteiger partial charge on any atom is -0.484 e. The van der Waals surface area contributed by atoms with Gasteiger partial charge in [0.15, 0.2) is 6.61 Å². The molecule has 1 N–H and O–H groups in total. The van der Waals surface area contributed by atoms with Crippen LogP contribution in [0.5, 0.6) is 5.75 Å². The zero-order chi connectivity index (χ0) is 15.2. The Labute approximate surface area is 137 Å². The van der Waals surface area contributed by atoms with E-state index in [1.807, 2.05) is 41.8 Å². The standard InChI is InChI=1S/C16H18BrNO2S/c1-11(2)16(14-4-3-9-21-14)18-15(19)10-20-13-7-5-12(17)6-8-13/h3-9,11,16H,10H2,1-2H3,(H,18,19)/t16-/m0/s1.